The van der Waals surface area contributed by atoms with E-state index in [1.807, 2.05) is 42.2 Å². The molecule has 0 saturated carbocycles. The normalized spacial score (nSPS) is 20.5. The zero-order valence-electron chi connectivity index (χ0n) is 21.7. The maximum Gasteiger partial charge on any atom is 0.255 e. The number of carbonyl (C=O) groups excluding carboxylic acids is 2. The van der Waals surface area contributed by atoms with E-state index in [1.165, 1.54) is 0 Å². The van der Waals surface area contributed by atoms with Gasteiger partial charge in [-0.3, -0.25) is 9.59 Å². The number of aryl methyl sites for hydroxylation is 1. The molecule has 2 saturated heterocycles. The molecule has 0 aliphatic carbocycles. The second-order valence-corrected chi connectivity index (χ2v) is 12.0. The molecule has 2 atom stereocenters. The molecular formula is C29H34N4O4S. The number of rotatable bonds is 6. The molecule has 2 heterocycles. The van der Waals surface area contributed by atoms with Crippen molar-refractivity contribution in [2.75, 3.05) is 25.0 Å². The molecule has 200 valence electrons. The van der Waals surface area contributed by atoms with Gasteiger partial charge in [0.15, 0.2) is 0 Å². The average Bonchev–Trinajstić information content (AvgIpc) is 3.34. The summed E-state index contributed by atoms with van der Waals surface area (Å²) in [5, 5.41) is 7.42. The predicted molar refractivity (Wildman–Crippen MR) is 149 cm³/mol. The van der Waals surface area contributed by atoms with Gasteiger partial charge in [0.1, 0.15) is 0 Å². The van der Waals surface area contributed by atoms with E-state index in [0.717, 1.165) is 18.5 Å². The maximum absolute atomic E-state index is 13.5. The lowest BCUT2D eigenvalue weighted by molar-refractivity contribution is -0.135. The van der Waals surface area contributed by atoms with Crippen LogP contribution in [-0.2, 0) is 14.8 Å². The largest absolute Gasteiger partial charge is 0.341 e. The van der Waals surface area contributed by atoms with Crippen LogP contribution in [0, 0.1) is 12.8 Å². The molecule has 3 aromatic carbocycles. The molecule has 2 amide bonds. The molecule has 3 N–H and O–H groups in total. The van der Waals surface area contributed by atoms with E-state index in [4.69, 9.17) is 0 Å². The molecule has 0 unspecified atom stereocenters. The van der Waals surface area contributed by atoms with Crippen molar-refractivity contribution < 1.29 is 18.0 Å². The van der Waals surface area contributed by atoms with Gasteiger partial charge in [-0.25, -0.2) is 13.1 Å². The number of nitrogens with zero attached hydrogens (tertiary/aromatic N) is 1. The Balaban J connectivity index is 1.31. The summed E-state index contributed by atoms with van der Waals surface area (Å²) >= 11 is 0. The second-order valence-electron chi connectivity index (χ2n) is 10.3. The van der Waals surface area contributed by atoms with E-state index in [9.17, 15) is 18.0 Å². The molecule has 0 bridgehead atoms. The Hall–Kier alpha value is -3.27. The number of anilines is 1. The number of benzene rings is 3. The van der Waals surface area contributed by atoms with Crippen molar-refractivity contribution in [2.45, 2.75) is 50.1 Å². The van der Waals surface area contributed by atoms with Crippen LogP contribution < -0.4 is 15.4 Å². The number of fused-ring (bicyclic) bond motifs is 1. The van der Waals surface area contributed by atoms with E-state index in [-0.39, 0.29) is 28.8 Å². The SMILES string of the molecule is Cc1ccccc1C(=O)Nc1ccc(S(=O)(=O)NC2CCN(C(=O)[C@H]3NCC[C@@H]3C)CC2)c2ccccc12. The highest BCUT2D eigenvalue weighted by Crippen LogP contribution is 2.31. The molecule has 38 heavy (non-hydrogen) atoms. The van der Waals surface area contributed by atoms with Gasteiger partial charge >= 0.3 is 0 Å². The summed E-state index contributed by atoms with van der Waals surface area (Å²) in [5.41, 5.74) is 1.98. The van der Waals surface area contributed by atoms with Gasteiger partial charge in [-0.1, -0.05) is 49.4 Å². The number of sulfonamides is 1. The molecule has 9 heteroatoms. The van der Waals surface area contributed by atoms with Gasteiger partial charge in [-0.15, -0.1) is 0 Å². The van der Waals surface area contributed by atoms with Crippen LogP contribution in [0.4, 0.5) is 5.69 Å². The smallest absolute Gasteiger partial charge is 0.255 e. The van der Waals surface area contributed by atoms with Crippen molar-refractivity contribution in [3.63, 3.8) is 0 Å². The zero-order valence-corrected chi connectivity index (χ0v) is 22.6. The first-order chi connectivity index (χ1) is 18.2. The summed E-state index contributed by atoms with van der Waals surface area (Å²) in [7, 11) is -3.83. The van der Waals surface area contributed by atoms with Gasteiger partial charge < -0.3 is 15.5 Å². The Morgan fingerprint density at radius 3 is 2.29 bits per heavy atom. The highest BCUT2D eigenvalue weighted by atomic mass is 32.2. The molecule has 0 aromatic heterocycles. The molecule has 3 aromatic rings. The standard InChI is InChI=1S/C29H34N4O4S/c1-19-7-3-4-8-22(19)28(34)31-25-11-12-26(24-10-6-5-9-23(24)25)38(36,37)32-21-14-17-33(18-15-21)29(35)27-20(2)13-16-30-27/h3-12,20-21,27,30,32H,13-18H2,1-2H3,(H,31,34)/t20-,27-/m0/s1. The fourth-order valence-electron chi connectivity index (χ4n) is 5.49. The molecule has 0 spiro atoms. The van der Waals surface area contributed by atoms with Crippen LogP contribution >= 0.6 is 0 Å². The van der Waals surface area contributed by atoms with Gasteiger partial charge in [0.2, 0.25) is 15.9 Å². The quantitative estimate of drug-likeness (QED) is 0.447. The van der Waals surface area contributed by atoms with Crippen LogP contribution in [-0.4, -0.2) is 56.9 Å². The Kier molecular flexibility index (Phi) is 7.52. The van der Waals surface area contributed by atoms with Crippen LogP contribution in [0.1, 0.15) is 42.1 Å². The van der Waals surface area contributed by atoms with Gasteiger partial charge in [-0.05, 0) is 62.4 Å². The molecule has 8 nitrogen and oxygen atoms in total. The minimum absolute atomic E-state index is 0.116. The number of nitrogens with one attached hydrogen (secondary N) is 3. The number of piperidine rings is 1. The molecule has 2 aliphatic rings. The number of amides is 2. The lowest BCUT2D eigenvalue weighted by Gasteiger charge is -2.34. The fraction of sp³-hybridized carbons (Fsp3) is 0.379. The van der Waals surface area contributed by atoms with Crippen LogP contribution in [0.5, 0.6) is 0 Å². The topological polar surface area (TPSA) is 108 Å². The number of hydrogen-bond donors (Lipinski definition) is 3. The lowest BCUT2D eigenvalue weighted by atomic mass is 10.00. The van der Waals surface area contributed by atoms with E-state index >= 15 is 0 Å². The molecule has 0 radical (unpaired) electrons. The molecule has 2 fully saturated rings. The van der Waals surface area contributed by atoms with E-state index in [1.54, 1.807) is 30.3 Å². The van der Waals surface area contributed by atoms with E-state index < -0.39 is 10.0 Å². The first kappa shape index (κ1) is 26.3. The van der Waals surface area contributed by atoms with E-state index in [2.05, 4.69) is 22.3 Å². The minimum atomic E-state index is -3.83. The highest BCUT2D eigenvalue weighted by molar-refractivity contribution is 7.89. The van der Waals surface area contributed by atoms with Crippen LogP contribution in [0.15, 0.2) is 65.6 Å². The zero-order chi connectivity index (χ0) is 26.9. The summed E-state index contributed by atoms with van der Waals surface area (Å²) in [4.78, 5) is 27.8. The van der Waals surface area contributed by atoms with Crippen molar-refractivity contribution in [1.82, 2.24) is 14.9 Å². The third-order valence-corrected chi connectivity index (χ3v) is 9.32. The first-order valence-corrected chi connectivity index (χ1v) is 14.7. The third kappa shape index (κ3) is 5.32. The number of likely N-dealkylation sites (tertiary alicyclic amines) is 1. The summed E-state index contributed by atoms with van der Waals surface area (Å²) in [6.07, 6.45) is 2.12. The summed E-state index contributed by atoms with van der Waals surface area (Å²) in [6.45, 7) is 5.88. The van der Waals surface area contributed by atoms with Crippen molar-refractivity contribution >= 4 is 38.3 Å². The van der Waals surface area contributed by atoms with Gasteiger partial charge in [-0.2, -0.15) is 0 Å². The molecule has 2 aliphatic heterocycles. The van der Waals surface area contributed by atoms with Crippen molar-refractivity contribution in [2.24, 2.45) is 5.92 Å². The minimum Gasteiger partial charge on any atom is -0.341 e. The first-order valence-electron chi connectivity index (χ1n) is 13.2. The highest BCUT2D eigenvalue weighted by Gasteiger charge is 2.35. The summed E-state index contributed by atoms with van der Waals surface area (Å²) < 4.78 is 29.9. The van der Waals surface area contributed by atoms with Crippen molar-refractivity contribution in [3.05, 3.63) is 71.8 Å². The van der Waals surface area contributed by atoms with Crippen molar-refractivity contribution in [3.8, 4) is 0 Å². The van der Waals surface area contributed by atoms with Crippen molar-refractivity contribution in [1.29, 1.82) is 0 Å². The Bertz CT molecular complexity index is 1460. The molecular weight excluding hydrogens is 500 g/mol. The Morgan fingerprint density at radius 2 is 1.61 bits per heavy atom. The summed E-state index contributed by atoms with van der Waals surface area (Å²) in [5.74, 6) is 0.188. The third-order valence-electron chi connectivity index (χ3n) is 7.74. The monoisotopic (exact) mass is 534 g/mol. The predicted octanol–water partition coefficient (Wildman–Crippen LogP) is 3.67. The van der Waals surface area contributed by atoms with Crippen LogP contribution in [0.2, 0.25) is 0 Å². The van der Waals surface area contributed by atoms with Crippen LogP contribution in [0.3, 0.4) is 0 Å². The van der Waals surface area contributed by atoms with Gasteiger partial charge in [0, 0.05) is 41.2 Å². The Morgan fingerprint density at radius 1 is 0.921 bits per heavy atom. The maximum atomic E-state index is 13.5. The number of hydrogen-bond acceptors (Lipinski definition) is 5. The second kappa shape index (κ2) is 10.8. The van der Waals surface area contributed by atoms with E-state index in [0.29, 0.717) is 53.9 Å². The Labute approximate surface area is 223 Å². The number of carbonyl (C=O) groups is 2. The lowest BCUT2D eigenvalue weighted by Crippen LogP contribution is -2.51. The molecule has 5 rings (SSSR count). The van der Waals surface area contributed by atoms with Crippen LogP contribution in [0.25, 0.3) is 10.8 Å². The van der Waals surface area contributed by atoms with Gasteiger partial charge in [0.25, 0.3) is 5.91 Å². The summed E-state index contributed by atoms with van der Waals surface area (Å²) in [6, 6.07) is 17.3. The van der Waals surface area contributed by atoms with Gasteiger partial charge in [0.05, 0.1) is 10.9 Å². The average molecular weight is 535 g/mol. The fourth-order valence-corrected chi connectivity index (χ4v) is 7.01.